The molecule has 6 rings (SSSR count). The normalized spacial score (nSPS) is 17.1. The highest BCUT2D eigenvalue weighted by atomic mass is 19.4. The van der Waals surface area contributed by atoms with E-state index >= 15 is 0 Å². The summed E-state index contributed by atoms with van der Waals surface area (Å²) in [5, 5.41) is 4.58. The molecule has 2 aromatic carbocycles. The minimum atomic E-state index is -4.61. The lowest BCUT2D eigenvalue weighted by atomic mass is 9.87. The third-order valence-electron chi connectivity index (χ3n) is 8.93. The zero-order valence-corrected chi connectivity index (χ0v) is 24.2. The monoisotopic (exact) mass is 579 g/mol. The van der Waals surface area contributed by atoms with Gasteiger partial charge in [0.05, 0.1) is 29.7 Å². The van der Waals surface area contributed by atoms with Crippen LogP contribution in [-0.4, -0.2) is 56.4 Å². The number of nitrogens with zero attached hydrogens (tertiary/aromatic N) is 5. The fourth-order valence-electron chi connectivity index (χ4n) is 6.61. The van der Waals surface area contributed by atoms with Crippen molar-refractivity contribution in [3.63, 3.8) is 0 Å². The number of hydrogen-bond donors (Lipinski definition) is 0. The summed E-state index contributed by atoms with van der Waals surface area (Å²) in [5.41, 5.74) is 3.82. The molecule has 4 heterocycles. The molecule has 42 heavy (non-hydrogen) atoms. The number of likely N-dealkylation sites (tertiary alicyclic amines) is 1. The fraction of sp³-hybridized carbons (Fsp3) is 0.469. The van der Waals surface area contributed by atoms with Gasteiger partial charge >= 0.3 is 12.1 Å². The van der Waals surface area contributed by atoms with Gasteiger partial charge in [-0.3, -0.25) is 4.68 Å². The molecule has 0 bridgehead atoms. The first-order valence-electron chi connectivity index (χ1n) is 14.8. The number of piperidine rings is 1. The van der Waals surface area contributed by atoms with Gasteiger partial charge in [0.1, 0.15) is 0 Å². The number of carbonyl (C=O) groups is 1. The Morgan fingerprint density at radius 3 is 2.52 bits per heavy atom. The number of aryl methyl sites for hydroxylation is 2. The van der Waals surface area contributed by atoms with Crippen LogP contribution in [-0.2, 0) is 28.7 Å². The van der Waals surface area contributed by atoms with Gasteiger partial charge in [-0.15, -0.1) is 0 Å². The zero-order chi connectivity index (χ0) is 29.6. The molecule has 1 unspecified atom stereocenters. The average Bonchev–Trinajstić information content (AvgIpc) is 3.71. The SMILES string of the molecule is CCOC(=O)C(c1ncn2c1CCC2)n1cc2c(C(F)(F)F)cc(-c3ccc(C4CCN(CC)CC4)cc3)c(C)c2n1. The lowest BCUT2D eigenvalue weighted by Crippen LogP contribution is -2.32. The molecule has 222 valence electrons. The van der Waals surface area contributed by atoms with E-state index in [1.807, 2.05) is 28.8 Å². The number of halogens is 3. The minimum absolute atomic E-state index is 0.0480. The van der Waals surface area contributed by atoms with Gasteiger partial charge in [0.2, 0.25) is 0 Å². The predicted molar refractivity (Wildman–Crippen MR) is 154 cm³/mol. The molecule has 0 radical (unpaired) electrons. The number of rotatable bonds is 7. The smallest absolute Gasteiger partial charge is 0.417 e. The first-order chi connectivity index (χ1) is 20.2. The van der Waals surface area contributed by atoms with Crippen LogP contribution in [0.5, 0.6) is 0 Å². The molecule has 1 fully saturated rings. The second-order valence-corrected chi connectivity index (χ2v) is 11.3. The number of aromatic nitrogens is 4. The maximum absolute atomic E-state index is 14.5. The molecule has 0 saturated carbocycles. The van der Waals surface area contributed by atoms with Crippen molar-refractivity contribution in [1.82, 2.24) is 24.2 Å². The lowest BCUT2D eigenvalue weighted by molar-refractivity contribution is -0.146. The Kier molecular flexibility index (Phi) is 7.59. The van der Waals surface area contributed by atoms with Crippen LogP contribution in [0.15, 0.2) is 42.9 Å². The van der Waals surface area contributed by atoms with Gasteiger partial charge in [-0.25, -0.2) is 9.78 Å². The minimum Gasteiger partial charge on any atom is -0.464 e. The first kappa shape index (κ1) is 28.5. The summed E-state index contributed by atoms with van der Waals surface area (Å²) < 4.78 is 52.2. The van der Waals surface area contributed by atoms with Crippen molar-refractivity contribution in [2.24, 2.45) is 0 Å². The molecule has 7 nitrogen and oxygen atoms in total. The summed E-state index contributed by atoms with van der Waals surface area (Å²) in [4.78, 5) is 20.1. The Balaban J connectivity index is 1.42. The van der Waals surface area contributed by atoms with Crippen LogP contribution in [0.1, 0.15) is 73.1 Å². The van der Waals surface area contributed by atoms with Crippen molar-refractivity contribution in [2.45, 2.75) is 71.1 Å². The number of esters is 1. The standard InChI is InChI=1S/C32H36F3N5O2/c1-4-38-15-12-22(13-16-38)21-8-10-23(11-9-21)24-17-26(32(33,34)35)25-18-40(37-28(25)20(24)3)30(31(41)42-5-2)29-27-7-6-14-39(27)19-36-29/h8-11,17-19,22,30H,4-7,12-16H2,1-3H3. The Morgan fingerprint density at radius 2 is 1.86 bits per heavy atom. The van der Waals surface area contributed by atoms with Gasteiger partial charge in [0.25, 0.3) is 0 Å². The number of carbonyl (C=O) groups excluding carboxylic acids is 1. The van der Waals surface area contributed by atoms with E-state index in [0.717, 1.165) is 57.6 Å². The maximum atomic E-state index is 14.5. The van der Waals surface area contributed by atoms with Gasteiger partial charge in [-0.05, 0) is 93.4 Å². The molecule has 2 aliphatic rings. The van der Waals surface area contributed by atoms with Crippen molar-refractivity contribution >= 4 is 16.9 Å². The van der Waals surface area contributed by atoms with Crippen LogP contribution >= 0.6 is 0 Å². The van der Waals surface area contributed by atoms with E-state index < -0.39 is 23.8 Å². The molecule has 0 spiro atoms. The Morgan fingerprint density at radius 1 is 1.12 bits per heavy atom. The summed E-state index contributed by atoms with van der Waals surface area (Å²) in [5.74, 6) is -0.137. The van der Waals surface area contributed by atoms with E-state index in [-0.39, 0.29) is 17.5 Å². The molecule has 4 aromatic rings. The number of fused-ring (bicyclic) bond motifs is 2. The zero-order valence-electron chi connectivity index (χ0n) is 24.2. The summed E-state index contributed by atoms with van der Waals surface area (Å²) in [7, 11) is 0. The fourth-order valence-corrected chi connectivity index (χ4v) is 6.61. The number of alkyl halides is 3. The quantitative estimate of drug-likeness (QED) is 0.233. The van der Waals surface area contributed by atoms with Crippen LogP contribution in [0, 0.1) is 6.92 Å². The van der Waals surface area contributed by atoms with E-state index in [9.17, 15) is 18.0 Å². The van der Waals surface area contributed by atoms with Gasteiger partial charge in [0.15, 0.2) is 6.04 Å². The Bertz CT molecular complexity index is 1600. The highest BCUT2D eigenvalue weighted by molar-refractivity contribution is 5.92. The maximum Gasteiger partial charge on any atom is 0.417 e. The second kappa shape index (κ2) is 11.2. The molecule has 2 aliphatic heterocycles. The van der Waals surface area contributed by atoms with Crippen LogP contribution in [0.2, 0.25) is 0 Å². The van der Waals surface area contributed by atoms with Crippen molar-refractivity contribution in [1.29, 1.82) is 0 Å². The van der Waals surface area contributed by atoms with E-state index in [4.69, 9.17) is 4.74 Å². The van der Waals surface area contributed by atoms with E-state index in [1.54, 1.807) is 20.2 Å². The number of benzene rings is 2. The molecule has 1 saturated heterocycles. The molecular weight excluding hydrogens is 543 g/mol. The summed E-state index contributed by atoms with van der Waals surface area (Å²) >= 11 is 0. The van der Waals surface area contributed by atoms with Crippen LogP contribution in [0.25, 0.3) is 22.0 Å². The van der Waals surface area contributed by atoms with Gasteiger partial charge in [0, 0.05) is 23.8 Å². The van der Waals surface area contributed by atoms with E-state index in [1.165, 1.54) is 22.5 Å². The third kappa shape index (κ3) is 5.10. The van der Waals surface area contributed by atoms with Crippen LogP contribution in [0.4, 0.5) is 13.2 Å². The van der Waals surface area contributed by atoms with Gasteiger partial charge in [-0.1, -0.05) is 31.2 Å². The second-order valence-electron chi connectivity index (χ2n) is 11.3. The number of imidazole rings is 1. The van der Waals surface area contributed by atoms with E-state index in [0.29, 0.717) is 28.3 Å². The summed E-state index contributed by atoms with van der Waals surface area (Å²) in [6.07, 6.45) is 2.19. The topological polar surface area (TPSA) is 65.2 Å². The van der Waals surface area contributed by atoms with Crippen molar-refractivity contribution in [3.05, 3.63) is 70.9 Å². The molecule has 0 aliphatic carbocycles. The summed E-state index contributed by atoms with van der Waals surface area (Å²) in [6, 6.07) is 8.08. The highest BCUT2D eigenvalue weighted by Gasteiger charge is 2.37. The Labute approximate surface area is 243 Å². The Hall–Kier alpha value is -3.66. The highest BCUT2D eigenvalue weighted by Crippen LogP contribution is 2.41. The van der Waals surface area contributed by atoms with Crippen molar-refractivity contribution in [3.8, 4) is 11.1 Å². The van der Waals surface area contributed by atoms with Crippen LogP contribution in [0.3, 0.4) is 0 Å². The van der Waals surface area contributed by atoms with Crippen molar-refractivity contribution in [2.75, 3.05) is 26.2 Å². The molecule has 1 atom stereocenters. The lowest BCUT2D eigenvalue weighted by Gasteiger charge is -2.31. The van der Waals surface area contributed by atoms with Crippen LogP contribution < -0.4 is 0 Å². The molecule has 10 heteroatoms. The third-order valence-corrected chi connectivity index (χ3v) is 8.93. The summed E-state index contributed by atoms with van der Waals surface area (Å²) in [6.45, 7) is 9.76. The largest absolute Gasteiger partial charge is 0.464 e. The predicted octanol–water partition coefficient (Wildman–Crippen LogP) is 6.53. The van der Waals surface area contributed by atoms with Gasteiger partial charge < -0.3 is 14.2 Å². The molecule has 0 N–H and O–H groups in total. The first-order valence-corrected chi connectivity index (χ1v) is 14.8. The van der Waals surface area contributed by atoms with Gasteiger partial charge in [-0.2, -0.15) is 18.3 Å². The molecule has 2 aromatic heterocycles. The average molecular weight is 580 g/mol. The van der Waals surface area contributed by atoms with Crippen molar-refractivity contribution < 1.29 is 22.7 Å². The van der Waals surface area contributed by atoms with E-state index in [2.05, 4.69) is 21.9 Å². The number of hydrogen-bond acceptors (Lipinski definition) is 5. The molecular formula is C32H36F3N5O2. The molecule has 0 amide bonds. The number of ether oxygens (including phenoxy) is 1.